The van der Waals surface area contributed by atoms with Crippen LogP contribution in [0.4, 0.5) is 23.2 Å². The fraction of sp³-hybridized carbons (Fsp3) is 0.600. The second kappa shape index (κ2) is 6.66. The van der Waals surface area contributed by atoms with Crippen molar-refractivity contribution in [3.63, 3.8) is 0 Å². The molecule has 0 atom stereocenters. The number of halogens is 4. The van der Waals surface area contributed by atoms with Gasteiger partial charge in [0.2, 0.25) is 0 Å². The molecule has 1 heterocycles. The zero-order valence-corrected chi connectivity index (χ0v) is 15.8. The van der Waals surface area contributed by atoms with Gasteiger partial charge in [0.1, 0.15) is 10.7 Å². The van der Waals surface area contributed by atoms with E-state index < -0.39 is 40.6 Å². The molecule has 0 aromatic heterocycles. The van der Waals surface area contributed by atoms with Crippen LogP contribution in [0.1, 0.15) is 26.7 Å². The summed E-state index contributed by atoms with van der Waals surface area (Å²) in [4.78, 5) is 0.0805. The van der Waals surface area contributed by atoms with Crippen LogP contribution in [0.2, 0.25) is 0 Å². The molecule has 0 unspecified atom stereocenters. The molecule has 0 bridgehead atoms. The first kappa shape index (κ1) is 20.9. The lowest BCUT2D eigenvalue weighted by atomic mass is 10.0. The van der Waals surface area contributed by atoms with Gasteiger partial charge in [0.25, 0.3) is 9.84 Å². The number of anilines is 1. The molecule has 0 N–H and O–H groups in total. The monoisotopic (exact) mass is 417 g/mol. The Morgan fingerprint density at radius 1 is 1.19 bits per heavy atom. The molecule has 5 nitrogen and oxygen atoms in total. The van der Waals surface area contributed by atoms with E-state index in [2.05, 4.69) is 0 Å². The largest absolute Gasteiger partial charge is 0.501 e. The standard InChI is InChI=1S/C15H19F4NO4S2/c1-3-14(4-2)10-20(7-8-25(14,21)22)12-6-5-11(16)9-13(12)26(23,24)15(17,18)19/h5-6,9H,3-4,7-8,10H2,1-2H3. The predicted molar refractivity (Wildman–Crippen MR) is 89.0 cm³/mol. The molecular formula is C15H19F4NO4S2. The van der Waals surface area contributed by atoms with Gasteiger partial charge in [-0.3, -0.25) is 0 Å². The maximum Gasteiger partial charge on any atom is 0.501 e. The van der Waals surface area contributed by atoms with Gasteiger partial charge < -0.3 is 4.90 Å². The predicted octanol–water partition coefficient (Wildman–Crippen LogP) is 2.91. The number of nitrogens with zero attached hydrogens (tertiary/aromatic N) is 1. The number of hydrogen-bond donors (Lipinski definition) is 0. The minimum atomic E-state index is -5.79. The van der Waals surface area contributed by atoms with Gasteiger partial charge in [0, 0.05) is 13.1 Å². The average Bonchev–Trinajstić information content (AvgIpc) is 2.54. The summed E-state index contributed by atoms with van der Waals surface area (Å²) in [6, 6.07) is 2.12. The molecule has 0 saturated carbocycles. The molecule has 2 rings (SSSR count). The fourth-order valence-corrected chi connectivity index (χ4v) is 6.30. The van der Waals surface area contributed by atoms with E-state index >= 15 is 0 Å². The molecule has 1 saturated heterocycles. The molecule has 1 aliphatic rings. The Bertz CT molecular complexity index is 891. The summed E-state index contributed by atoms with van der Waals surface area (Å²) in [6.45, 7) is 2.98. The first-order valence-electron chi connectivity index (χ1n) is 7.89. The number of benzene rings is 1. The van der Waals surface area contributed by atoms with Crippen molar-refractivity contribution in [2.24, 2.45) is 0 Å². The number of alkyl halides is 3. The van der Waals surface area contributed by atoms with Crippen molar-refractivity contribution in [1.29, 1.82) is 0 Å². The summed E-state index contributed by atoms with van der Waals surface area (Å²) in [5, 5.41) is 0. The van der Waals surface area contributed by atoms with Crippen LogP contribution in [0.3, 0.4) is 0 Å². The van der Waals surface area contributed by atoms with Crippen molar-refractivity contribution in [2.45, 2.75) is 41.8 Å². The summed E-state index contributed by atoms with van der Waals surface area (Å²) in [6.07, 6.45) is 0.454. The maximum absolute atomic E-state index is 13.5. The van der Waals surface area contributed by atoms with Crippen LogP contribution in [0.25, 0.3) is 0 Å². The summed E-state index contributed by atoms with van der Waals surface area (Å²) in [7, 11) is -9.29. The van der Waals surface area contributed by atoms with E-state index in [0.29, 0.717) is 6.07 Å². The van der Waals surface area contributed by atoms with Crippen molar-refractivity contribution in [2.75, 3.05) is 23.7 Å². The summed E-state index contributed by atoms with van der Waals surface area (Å²) < 4.78 is 99.9. The quantitative estimate of drug-likeness (QED) is 0.705. The Hall–Kier alpha value is -1.36. The van der Waals surface area contributed by atoms with E-state index in [0.717, 1.165) is 12.1 Å². The Morgan fingerprint density at radius 3 is 2.27 bits per heavy atom. The highest BCUT2D eigenvalue weighted by molar-refractivity contribution is 7.93. The van der Waals surface area contributed by atoms with E-state index in [4.69, 9.17) is 0 Å². The van der Waals surface area contributed by atoms with Gasteiger partial charge in [-0.15, -0.1) is 0 Å². The first-order chi connectivity index (χ1) is 11.8. The van der Waals surface area contributed by atoms with E-state index in [9.17, 15) is 34.4 Å². The zero-order valence-electron chi connectivity index (χ0n) is 14.2. The van der Waals surface area contributed by atoms with Crippen LogP contribution in [0, 0.1) is 5.82 Å². The van der Waals surface area contributed by atoms with Crippen LogP contribution >= 0.6 is 0 Å². The fourth-order valence-electron chi connectivity index (χ4n) is 3.18. The van der Waals surface area contributed by atoms with Crippen molar-refractivity contribution in [1.82, 2.24) is 0 Å². The van der Waals surface area contributed by atoms with Crippen LogP contribution in [0.15, 0.2) is 23.1 Å². The van der Waals surface area contributed by atoms with Gasteiger partial charge in [0.05, 0.1) is 16.2 Å². The van der Waals surface area contributed by atoms with Gasteiger partial charge in [-0.05, 0) is 31.0 Å². The molecule has 26 heavy (non-hydrogen) atoms. The molecule has 1 aromatic rings. The Kier molecular flexibility index (Phi) is 5.37. The molecule has 1 fully saturated rings. The lowest BCUT2D eigenvalue weighted by molar-refractivity contribution is -0.0435. The van der Waals surface area contributed by atoms with Gasteiger partial charge in [-0.2, -0.15) is 13.2 Å². The molecule has 0 aliphatic carbocycles. The molecule has 0 amide bonds. The van der Waals surface area contributed by atoms with Crippen LogP contribution < -0.4 is 4.90 Å². The van der Waals surface area contributed by atoms with Gasteiger partial charge >= 0.3 is 5.51 Å². The molecule has 148 valence electrons. The maximum atomic E-state index is 13.5. The SMILES string of the molecule is CCC1(CC)CN(c2ccc(F)cc2S(=O)(=O)C(F)(F)F)CCS1(=O)=O. The Labute approximate surface area is 149 Å². The van der Waals surface area contributed by atoms with Crippen molar-refractivity contribution in [3.8, 4) is 0 Å². The third-order valence-corrected chi connectivity index (χ3v) is 9.18. The van der Waals surface area contributed by atoms with Crippen molar-refractivity contribution < 1.29 is 34.4 Å². The zero-order chi connectivity index (χ0) is 20.0. The van der Waals surface area contributed by atoms with Crippen molar-refractivity contribution >= 4 is 25.4 Å². The van der Waals surface area contributed by atoms with Crippen LogP contribution in [-0.2, 0) is 19.7 Å². The summed E-state index contributed by atoms with van der Waals surface area (Å²) in [5.74, 6) is -1.45. The Morgan fingerprint density at radius 2 is 1.77 bits per heavy atom. The van der Waals surface area contributed by atoms with Gasteiger partial charge in [-0.25, -0.2) is 21.2 Å². The highest BCUT2D eigenvalue weighted by Crippen LogP contribution is 2.39. The molecule has 0 spiro atoms. The lowest BCUT2D eigenvalue weighted by Gasteiger charge is -2.42. The number of hydrogen-bond acceptors (Lipinski definition) is 5. The molecular weight excluding hydrogens is 398 g/mol. The minimum absolute atomic E-state index is 0.158. The highest BCUT2D eigenvalue weighted by atomic mass is 32.2. The summed E-state index contributed by atoms with van der Waals surface area (Å²) in [5.41, 5.74) is -5.94. The second-order valence-electron chi connectivity index (χ2n) is 6.19. The molecule has 1 aliphatic heterocycles. The van der Waals surface area contributed by atoms with Crippen LogP contribution in [0.5, 0.6) is 0 Å². The first-order valence-corrected chi connectivity index (χ1v) is 11.0. The lowest BCUT2D eigenvalue weighted by Crippen LogP contribution is -2.56. The van der Waals surface area contributed by atoms with E-state index in [-0.39, 0.29) is 37.4 Å². The molecule has 0 radical (unpaired) electrons. The third-order valence-electron chi connectivity index (χ3n) is 4.91. The van der Waals surface area contributed by atoms with Gasteiger partial charge in [0.15, 0.2) is 9.84 Å². The second-order valence-corrected chi connectivity index (χ2v) is 10.6. The molecule has 11 heteroatoms. The van der Waals surface area contributed by atoms with Crippen LogP contribution in [-0.4, -0.2) is 45.9 Å². The topological polar surface area (TPSA) is 71.5 Å². The van der Waals surface area contributed by atoms with Crippen molar-refractivity contribution in [3.05, 3.63) is 24.0 Å². The Balaban J connectivity index is 2.61. The molecule has 1 aromatic carbocycles. The van der Waals surface area contributed by atoms with E-state index in [1.165, 1.54) is 4.90 Å². The summed E-state index contributed by atoms with van der Waals surface area (Å²) >= 11 is 0. The highest BCUT2D eigenvalue weighted by Gasteiger charge is 2.50. The third kappa shape index (κ3) is 3.30. The van der Waals surface area contributed by atoms with Gasteiger partial charge in [-0.1, -0.05) is 13.8 Å². The smallest absolute Gasteiger partial charge is 0.368 e. The van der Waals surface area contributed by atoms with E-state index in [1.807, 2.05) is 0 Å². The number of sulfone groups is 2. The number of rotatable bonds is 4. The minimum Gasteiger partial charge on any atom is -0.368 e. The average molecular weight is 417 g/mol. The normalized spacial score (nSPS) is 20.2. The van der Waals surface area contributed by atoms with E-state index in [1.54, 1.807) is 13.8 Å².